The number of hydrogen-bond acceptors (Lipinski definition) is 2. The van der Waals surface area contributed by atoms with Gasteiger partial charge < -0.3 is 5.32 Å². The van der Waals surface area contributed by atoms with Crippen molar-refractivity contribution in [3.05, 3.63) is 30.3 Å². The number of nitrogens with one attached hydrogen (secondary N) is 1. The molecule has 0 aliphatic rings. The van der Waals surface area contributed by atoms with Gasteiger partial charge in [0.25, 0.3) is 0 Å². The van der Waals surface area contributed by atoms with Crippen LogP contribution in [0.15, 0.2) is 35.2 Å². The van der Waals surface area contributed by atoms with E-state index in [1.807, 2.05) is 11.8 Å². The lowest BCUT2D eigenvalue weighted by Gasteiger charge is -2.19. The van der Waals surface area contributed by atoms with Crippen LogP contribution >= 0.6 is 11.8 Å². The van der Waals surface area contributed by atoms with Gasteiger partial charge in [-0.2, -0.15) is 0 Å². The lowest BCUT2D eigenvalue weighted by molar-refractivity contribution is 0.363. The van der Waals surface area contributed by atoms with E-state index in [0.29, 0.717) is 0 Å². The van der Waals surface area contributed by atoms with Gasteiger partial charge in [-0.1, -0.05) is 39.0 Å². The van der Waals surface area contributed by atoms with E-state index in [-0.39, 0.29) is 0 Å². The molecule has 0 amide bonds. The smallest absolute Gasteiger partial charge is 0.00719 e. The van der Waals surface area contributed by atoms with Crippen LogP contribution in [-0.2, 0) is 0 Å². The average Bonchev–Trinajstić information content (AvgIpc) is 2.37. The molecule has 2 unspecified atom stereocenters. The van der Waals surface area contributed by atoms with Crippen LogP contribution in [0.1, 0.15) is 27.2 Å². The molecular formula is C15H25NS. The maximum Gasteiger partial charge on any atom is 0.00719 e. The Balaban J connectivity index is 2.17. The molecule has 1 N–H and O–H groups in total. The second-order valence-electron chi connectivity index (χ2n) is 4.71. The Labute approximate surface area is 110 Å². The molecule has 17 heavy (non-hydrogen) atoms. The van der Waals surface area contributed by atoms with Gasteiger partial charge in [0, 0.05) is 4.90 Å². The minimum atomic E-state index is 0.770. The predicted octanol–water partition coefficient (Wildman–Crippen LogP) is 4.05. The van der Waals surface area contributed by atoms with Crippen LogP contribution in [0.2, 0.25) is 0 Å². The fourth-order valence-electron chi connectivity index (χ4n) is 1.74. The monoisotopic (exact) mass is 251 g/mol. The van der Waals surface area contributed by atoms with Crippen molar-refractivity contribution in [3.8, 4) is 0 Å². The summed E-state index contributed by atoms with van der Waals surface area (Å²) >= 11 is 1.97. The van der Waals surface area contributed by atoms with Crippen molar-refractivity contribution in [2.24, 2.45) is 11.8 Å². The predicted molar refractivity (Wildman–Crippen MR) is 78.7 cm³/mol. The van der Waals surface area contributed by atoms with Crippen molar-refractivity contribution in [2.75, 3.05) is 18.8 Å². The molecule has 0 aromatic heterocycles. The molecule has 0 aliphatic carbocycles. The summed E-state index contributed by atoms with van der Waals surface area (Å²) in [7, 11) is 0. The molecule has 96 valence electrons. The number of thioether (sulfide) groups is 1. The minimum absolute atomic E-state index is 0.770. The quantitative estimate of drug-likeness (QED) is 0.700. The largest absolute Gasteiger partial charge is 0.317 e. The van der Waals surface area contributed by atoms with Crippen molar-refractivity contribution in [3.63, 3.8) is 0 Å². The minimum Gasteiger partial charge on any atom is -0.317 e. The molecule has 0 saturated carbocycles. The summed E-state index contributed by atoms with van der Waals surface area (Å²) in [5.41, 5.74) is 0. The Bertz CT molecular complexity index is 286. The number of rotatable bonds is 8. The molecule has 0 bridgehead atoms. The van der Waals surface area contributed by atoms with E-state index in [1.165, 1.54) is 17.1 Å². The molecule has 2 heteroatoms. The standard InChI is InChI=1S/C15H25NS/c1-4-16-12-14(3)13(2)10-11-17-15-8-6-5-7-9-15/h5-9,13-14,16H,4,10-12H2,1-3H3. The Kier molecular flexibility index (Phi) is 7.38. The third kappa shape index (κ3) is 6.13. The van der Waals surface area contributed by atoms with Crippen LogP contribution in [0.5, 0.6) is 0 Å². The van der Waals surface area contributed by atoms with Gasteiger partial charge in [0.2, 0.25) is 0 Å². The van der Waals surface area contributed by atoms with Crippen molar-refractivity contribution < 1.29 is 0 Å². The highest BCUT2D eigenvalue weighted by Crippen LogP contribution is 2.22. The van der Waals surface area contributed by atoms with Crippen LogP contribution in [0.3, 0.4) is 0 Å². The second kappa shape index (κ2) is 8.60. The van der Waals surface area contributed by atoms with Gasteiger partial charge >= 0.3 is 0 Å². The van der Waals surface area contributed by atoms with Gasteiger partial charge in [-0.15, -0.1) is 11.8 Å². The highest BCUT2D eigenvalue weighted by atomic mass is 32.2. The summed E-state index contributed by atoms with van der Waals surface area (Å²) in [6.07, 6.45) is 1.30. The molecule has 1 aromatic carbocycles. The molecule has 1 aromatic rings. The fourth-order valence-corrected chi connectivity index (χ4v) is 2.81. The van der Waals surface area contributed by atoms with Crippen molar-refractivity contribution in [1.82, 2.24) is 5.32 Å². The molecule has 2 atom stereocenters. The maximum atomic E-state index is 3.43. The molecule has 1 rings (SSSR count). The molecule has 0 spiro atoms. The SMILES string of the molecule is CCNCC(C)C(C)CCSc1ccccc1. The summed E-state index contributed by atoms with van der Waals surface area (Å²) < 4.78 is 0. The van der Waals surface area contributed by atoms with Crippen molar-refractivity contribution >= 4 is 11.8 Å². The van der Waals surface area contributed by atoms with E-state index in [1.54, 1.807) is 0 Å². The van der Waals surface area contributed by atoms with Gasteiger partial charge in [-0.25, -0.2) is 0 Å². The third-order valence-corrected chi connectivity index (χ3v) is 4.32. The lowest BCUT2D eigenvalue weighted by Crippen LogP contribution is -2.25. The Morgan fingerprint density at radius 1 is 1.12 bits per heavy atom. The Morgan fingerprint density at radius 2 is 1.82 bits per heavy atom. The lowest BCUT2D eigenvalue weighted by atomic mass is 9.93. The molecule has 0 aliphatic heterocycles. The zero-order chi connectivity index (χ0) is 12.5. The number of hydrogen-bond donors (Lipinski definition) is 1. The molecule has 0 radical (unpaired) electrons. The van der Waals surface area contributed by atoms with Crippen LogP contribution in [0, 0.1) is 11.8 Å². The summed E-state index contributed by atoms with van der Waals surface area (Å²) in [5.74, 6) is 2.79. The van der Waals surface area contributed by atoms with Crippen LogP contribution in [-0.4, -0.2) is 18.8 Å². The first-order chi connectivity index (χ1) is 8.24. The Hall–Kier alpha value is -0.470. The molecule has 1 nitrogen and oxygen atoms in total. The number of benzene rings is 1. The van der Waals surface area contributed by atoms with Gasteiger partial charge in [0.05, 0.1) is 0 Å². The first-order valence-corrected chi connectivity index (χ1v) is 7.61. The van der Waals surface area contributed by atoms with Gasteiger partial charge in [-0.05, 0) is 49.2 Å². The van der Waals surface area contributed by atoms with Crippen molar-refractivity contribution in [1.29, 1.82) is 0 Å². The van der Waals surface area contributed by atoms with Crippen molar-refractivity contribution in [2.45, 2.75) is 32.1 Å². The topological polar surface area (TPSA) is 12.0 Å². The van der Waals surface area contributed by atoms with E-state index in [4.69, 9.17) is 0 Å². The fraction of sp³-hybridized carbons (Fsp3) is 0.600. The molecule has 0 fully saturated rings. The zero-order valence-corrected chi connectivity index (χ0v) is 12.1. The van der Waals surface area contributed by atoms with E-state index >= 15 is 0 Å². The van der Waals surface area contributed by atoms with Gasteiger partial charge in [0.1, 0.15) is 0 Å². The highest BCUT2D eigenvalue weighted by molar-refractivity contribution is 7.99. The van der Waals surface area contributed by atoms with Crippen LogP contribution < -0.4 is 5.32 Å². The molecular weight excluding hydrogens is 226 g/mol. The van der Waals surface area contributed by atoms with E-state index in [9.17, 15) is 0 Å². The third-order valence-electron chi connectivity index (χ3n) is 3.27. The highest BCUT2D eigenvalue weighted by Gasteiger charge is 2.11. The van der Waals surface area contributed by atoms with Crippen LogP contribution in [0.4, 0.5) is 0 Å². The van der Waals surface area contributed by atoms with Crippen LogP contribution in [0.25, 0.3) is 0 Å². The summed E-state index contributed by atoms with van der Waals surface area (Å²) in [6.45, 7) is 9.11. The van der Waals surface area contributed by atoms with E-state index in [2.05, 4.69) is 56.4 Å². The molecule has 0 heterocycles. The first-order valence-electron chi connectivity index (χ1n) is 6.62. The normalized spacial score (nSPS) is 14.5. The summed E-state index contributed by atoms with van der Waals surface area (Å²) in [6, 6.07) is 10.7. The molecule has 0 saturated heterocycles. The first kappa shape index (κ1) is 14.6. The van der Waals surface area contributed by atoms with E-state index in [0.717, 1.165) is 24.9 Å². The maximum absolute atomic E-state index is 3.43. The average molecular weight is 251 g/mol. The summed E-state index contributed by atoms with van der Waals surface area (Å²) in [4.78, 5) is 1.39. The second-order valence-corrected chi connectivity index (χ2v) is 5.88. The van der Waals surface area contributed by atoms with Gasteiger partial charge in [-0.3, -0.25) is 0 Å². The summed E-state index contributed by atoms with van der Waals surface area (Å²) in [5, 5.41) is 3.43. The Morgan fingerprint density at radius 3 is 2.47 bits per heavy atom. The van der Waals surface area contributed by atoms with E-state index < -0.39 is 0 Å². The van der Waals surface area contributed by atoms with Gasteiger partial charge in [0.15, 0.2) is 0 Å². The zero-order valence-electron chi connectivity index (χ0n) is 11.3.